The Kier molecular flexibility index (Phi) is 7.51. The Bertz CT molecular complexity index is 1400. The molecule has 2 heterocycles. The lowest BCUT2D eigenvalue weighted by Crippen LogP contribution is -2.23. The number of hydrogen-bond acceptors (Lipinski definition) is 6. The maximum atomic E-state index is 12.8. The molecule has 1 aliphatic heterocycles. The van der Waals surface area contributed by atoms with E-state index in [0.717, 1.165) is 34.9 Å². The van der Waals surface area contributed by atoms with Gasteiger partial charge >= 0.3 is 0 Å². The van der Waals surface area contributed by atoms with Crippen LogP contribution in [-0.2, 0) is 16.1 Å². The smallest absolute Gasteiger partial charge is 0.234 e. The highest BCUT2D eigenvalue weighted by Gasteiger charge is 2.22. The van der Waals surface area contributed by atoms with Crippen molar-refractivity contribution in [3.8, 4) is 5.69 Å². The first kappa shape index (κ1) is 24.6. The van der Waals surface area contributed by atoms with Gasteiger partial charge in [-0.2, -0.15) is 0 Å². The number of hydrogen-bond donors (Lipinski definition) is 2. The Morgan fingerprint density at radius 2 is 1.76 bits per heavy atom. The highest BCUT2D eigenvalue weighted by Crippen LogP contribution is 2.26. The second-order valence-corrected chi connectivity index (χ2v) is 9.72. The van der Waals surface area contributed by atoms with Crippen LogP contribution in [0.25, 0.3) is 5.69 Å². The molecule has 9 heteroatoms. The predicted octanol–water partition coefficient (Wildman–Crippen LogP) is 5.05. The fourth-order valence-electron chi connectivity index (χ4n) is 4.29. The Labute approximate surface area is 220 Å². The summed E-state index contributed by atoms with van der Waals surface area (Å²) in [4.78, 5) is 26.6. The zero-order valence-corrected chi connectivity index (χ0v) is 21.4. The summed E-state index contributed by atoms with van der Waals surface area (Å²) in [6.07, 6.45) is 1.43. The normalized spacial score (nSPS) is 13.1. The van der Waals surface area contributed by atoms with Gasteiger partial charge < -0.3 is 15.5 Å². The predicted molar refractivity (Wildman–Crippen MR) is 147 cm³/mol. The third kappa shape index (κ3) is 5.83. The number of nitrogens with zero attached hydrogens (tertiary/aromatic N) is 4. The molecule has 5 rings (SSSR count). The van der Waals surface area contributed by atoms with Gasteiger partial charge in [0.2, 0.25) is 11.8 Å². The first-order valence-corrected chi connectivity index (χ1v) is 13.2. The molecule has 0 radical (unpaired) electrons. The van der Waals surface area contributed by atoms with Gasteiger partial charge in [-0.05, 0) is 55.3 Å². The van der Waals surface area contributed by atoms with Gasteiger partial charge in [0.1, 0.15) is 0 Å². The third-order valence-corrected chi connectivity index (χ3v) is 7.07. The molecule has 1 aromatic heterocycles. The highest BCUT2D eigenvalue weighted by atomic mass is 32.2. The van der Waals surface area contributed by atoms with E-state index in [2.05, 4.69) is 33.8 Å². The zero-order chi connectivity index (χ0) is 25.6. The summed E-state index contributed by atoms with van der Waals surface area (Å²) in [6, 6.07) is 25.4. The molecule has 8 nitrogen and oxygen atoms in total. The standard InChI is InChI=1S/C28H28N6O2S/c1-20-9-5-6-14-24(20)29-18-25-31-32-28(34(25)22-11-3-2-4-12-22)37-19-26(35)30-21-10-7-13-23(17-21)33-16-8-15-27(33)36/h2-7,9-14,17,29H,8,15-16,18-19H2,1H3,(H,30,35). The number of thioether (sulfide) groups is 1. The minimum atomic E-state index is -0.155. The minimum absolute atomic E-state index is 0.118. The number of nitrogens with one attached hydrogen (secondary N) is 2. The maximum Gasteiger partial charge on any atom is 0.234 e. The van der Waals surface area contributed by atoms with Gasteiger partial charge in [0.25, 0.3) is 0 Å². The molecule has 3 aromatic carbocycles. The van der Waals surface area contributed by atoms with Crippen LogP contribution in [0, 0.1) is 6.92 Å². The first-order chi connectivity index (χ1) is 18.1. The van der Waals surface area contributed by atoms with Crippen LogP contribution in [0.2, 0.25) is 0 Å². The minimum Gasteiger partial charge on any atom is -0.378 e. The number of amides is 2. The van der Waals surface area contributed by atoms with E-state index in [1.54, 1.807) is 4.90 Å². The molecule has 0 saturated carbocycles. The SMILES string of the molecule is Cc1ccccc1NCc1nnc(SCC(=O)Nc2cccc(N3CCCC3=O)c2)n1-c1ccccc1. The average Bonchev–Trinajstić information content (AvgIpc) is 3.53. The van der Waals surface area contributed by atoms with Crippen molar-refractivity contribution in [2.75, 3.05) is 27.8 Å². The number of benzene rings is 3. The Hall–Kier alpha value is -4.11. The topological polar surface area (TPSA) is 92.2 Å². The molecule has 2 N–H and O–H groups in total. The molecule has 0 aliphatic carbocycles. The van der Waals surface area contributed by atoms with Gasteiger partial charge in [-0.3, -0.25) is 14.2 Å². The van der Waals surface area contributed by atoms with Gasteiger partial charge in [0.15, 0.2) is 11.0 Å². The van der Waals surface area contributed by atoms with Crippen molar-refractivity contribution >= 4 is 40.6 Å². The zero-order valence-electron chi connectivity index (χ0n) is 20.6. The number of anilines is 3. The van der Waals surface area contributed by atoms with E-state index in [4.69, 9.17) is 0 Å². The van der Waals surface area contributed by atoms with Crippen LogP contribution in [0.3, 0.4) is 0 Å². The summed E-state index contributed by atoms with van der Waals surface area (Å²) in [7, 11) is 0. The fourth-order valence-corrected chi connectivity index (χ4v) is 5.06. The molecule has 2 amide bonds. The largest absolute Gasteiger partial charge is 0.378 e. The molecule has 0 atom stereocenters. The van der Waals surface area contributed by atoms with Crippen LogP contribution >= 0.6 is 11.8 Å². The summed E-state index contributed by atoms with van der Waals surface area (Å²) >= 11 is 1.33. The Morgan fingerprint density at radius 1 is 0.973 bits per heavy atom. The van der Waals surface area contributed by atoms with Crippen LogP contribution in [0.4, 0.5) is 17.1 Å². The van der Waals surface area contributed by atoms with E-state index in [1.807, 2.05) is 77.4 Å². The van der Waals surface area contributed by atoms with Crippen molar-refractivity contribution in [2.45, 2.75) is 31.5 Å². The van der Waals surface area contributed by atoms with Crippen molar-refractivity contribution in [1.29, 1.82) is 0 Å². The molecule has 0 unspecified atom stereocenters. The van der Waals surface area contributed by atoms with Crippen molar-refractivity contribution in [1.82, 2.24) is 14.8 Å². The second kappa shape index (κ2) is 11.3. The number of aromatic nitrogens is 3. The average molecular weight is 513 g/mol. The van der Waals surface area contributed by atoms with E-state index < -0.39 is 0 Å². The lowest BCUT2D eigenvalue weighted by atomic mass is 10.2. The number of para-hydroxylation sites is 2. The summed E-state index contributed by atoms with van der Waals surface area (Å²) in [6.45, 7) is 3.26. The van der Waals surface area contributed by atoms with Gasteiger partial charge in [-0.25, -0.2) is 0 Å². The molecule has 0 spiro atoms. The molecule has 4 aromatic rings. The number of carbonyl (C=O) groups excluding carboxylic acids is 2. The van der Waals surface area contributed by atoms with Crippen molar-refractivity contribution in [2.24, 2.45) is 0 Å². The maximum absolute atomic E-state index is 12.8. The monoisotopic (exact) mass is 512 g/mol. The van der Waals surface area contributed by atoms with E-state index in [9.17, 15) is 9.59 Å². The van der Waals surface area contributed by atoms with Crippen molar-refractivity contribution < 1.29 is 9.59 Å². The third-order valence-electron chi connectivity index (χ3n) is 6.14. The summed E-state index contributed by atoms with van der Waals surface area (Å²) in [5.74, 6) is 0.882. The summed E-state index contributed by atoms with van der Waals surface area (Å²) in [5.41, 5.74) is 4.59. The van der Waals surface area contributed by atoms with Crippen LogP contribution in [0.5, 0.6) is 0 Å². The molecule has 37 heavy (non-hydrogen) atoms. The van der Waals surface area contributed by atoms with E-state index in [-0.39, 0.29) is 17.6 Å². The lowest BCUT2D eigenvalue weighted by molar-refractivity contribution is -0.117. The van der Waals surface area contributed by atoms with Gasteiger partial charge in [-0.1, -0.05) is 54.2 Å². The molecular formula is C28H28N6O2S. The summed E-state index contributed by atoms with van der Waals surface area (Å²) in [5, 5.41) is 15.8. The van der Waals surface area contributed by atoms with Crippen LogP contribution in [0.15, 0.2) is 84.0 Å². The highest BCUT2D eigenvalue weighted by molar-refractivity contribution is 7.99. The molecule has 188 valence electrons. The van der Waals surface area contributed by atoms with Crippen LogP contribution < -0.4 is 15.5 Å². The lowest BCUT2D eigenvalue weighted by Gasteiger charge is -2.16. The van der Waals surface area contributed by atoms with E-state index in [1.165, 1.54) is 11.8 Å². The van der Waals surface area contributed by atoms with E-state index in [0.29, 0.717) is 30.4 Å². The van der Waals surface area contributed by atoms with Gasteiger partial charge in [-0.15, -0.1) is 10.2 Å². The number of aryl methyl sites for hydroxylation is 1. The molecule has 1 aliphatic rings. The van der Waals surface area contributed by atoms with Crippen LogP contribution in [0.1, 0.15) is 24.2 Å². The van der Waals surface area contributed by atoms with Crippen molar-refractivity contribution in [3.63, 3.8) is 0 Å². The second-order valence-electron chi connectivity index (χ2n) is 8.77. The van der Waals surface area contributed by atoms with Crippen LogP contribution in [-0.4, -0.2) is 38.9 Å². The van der Waals surface area contributed by atoms with Crippen molar-refractivity contribution in [3.05, 3.63) is 90.3 Å². The molecule has 1 fully saturated rings. The quantitative estimate of drug-likeness (QED) is 0.305. The Balaban J connectivity index is 1.28. The number of carbonyl (C=O) groups is 2. The molecule has 1 saturated heterocycles. The fraction of sp³-hybridized carbons (Fsp3) is 0.214. The molecule has 0 bridgehead atoms. The summed E-state index contributed by atoms with van der Waals surface area (Å²) < 4.78 is 1.98. The van der Waals surface area contributed by atoms with Gasteiger partial charge in [0, 0.05) is 35.7 Å². The van der Waals surface area contributed by atoms with Gasteiger partial charge in [0.05, 0.1) is 12.3 Å². The number of rotatable bonds is 9. The first-order valence-electron chi connectivity index (χ1n) is 12.2. The molecular weight excluding hydrogens is 484 g/mol. The Morgan fingerprint density at radius 3 is 2.54 bits per heavy atom. The van der Waals surface area contributed by atoms with E-state index >= 15 is 0 Å².